The first-order chi connectivity index (χ1) is 13.2. The van der Waals surface area contributed by atoms with Gasteiger partial charge in [-0.2, -0.15) is 9.61 Å². The van der Waals surface area contributed by atoms with Gasteiger partial charge in [0.05, 0.1) is 5.69 Å². The minimum Gasteiger partial charge on any atom is -0.356 e. The highest BCUT2D eigenvalue weighted by Crippen LogP contribution is 2.35. The predicted octanol–water partition coefficient (Wildman–Crippen LogP) is 2.77. The van der Waals surface area contributed by atoms with Crippen LogP contribution in [0, 0.1) is 13.8 Å². The van der Waals surface area contributed by atoms with Crippen molar-refractivity contribution in [2.45, 2.75) is 51.6 Å². The molecule has 0 bridgehead atoms. The zero-order valence-electron chi connectivity index (χ0n) is 15.9. The largest absolute Gasteiger partial charge is 0.356 e. The van der Waals surface area contributed by atoms with Crippen LogP contribution in [0.4, 0.5) is 11.6 Å². The van der Waals surface area contributed by atoms with Gasteiger partial charge in [0.25, 0.3) is 0 Å². The van der Waals surface area contributed by atoms with Gasteiger partial charge in [-0.15, -0.1) is 0 Å². The lowest BCUT2D eigenvalue weighted by Crippen LogP contribution is -2.47. The molecule has 1 aliphatic heterocycles. The van der Waals surface area contributed by atoms with Crippen molar-refractivity contribution < 1.29 is 0 Å². The third-order valence-electron chi connectivity index (χ3n) is 5.61. The van der Waals surface area contributed by atoms with E-state index in [1.54, 1.807) is 6.33 Å². The van der Waals surface area contributed by atoms with E-state index in [4.69, 9.17) is 0 Å². The number of fused-ring (bicyclic) bond motifs is 1. The fraction of sp³-hybridized carbons (Fsp3) is 0.500. The monoisotopic (exact) mass is 363 g/mol. The molecule has 1 aliphatic carbocycles. The van der Waals surface area contributed by atoms with Crippen molar-refractivity contribution in [3.8, 4) is 0 Å². The van der Waals surface area contributed by atoms with E-state index in [0.29, 0.717) is 12.1 Å². The van der Waals surface area contributed by atoms with Gasteiger partial charge in [-0.05, 0) is 45.6 Å². The number of rotatable bonds is 4. The van der Waals surface area contributed by atoms with Gasteiger partial charge in [-0.25, -0.2) is 15.0 Å². The van der Waals surface area contributed by atoms with Gasteiger partial charge in [-0.3, -0.25) is 0 Å². The van der Waals surface area contributed by atoms with E-state index < -0.39 is 0 Å². The molecule has 0 N–H and O–H groups in total. The third kappa shape index (κ3) is 3.11. The number of hydrogen-bond acceptors (Lipinski definition) is 6. The number of piperidine rings is 1. The molecule has 4 heterocycles. The molecule has 3 aromatic heterocycles. The van der Waals surface area contributed by atoms with Gasteiger partial charge in [0, 0.05) is 49.2 Å². The van der Waals surface area contributed by atoms with E-state index in [9.17, 15) is 0 Å². The Morgan fingerprint density at radius 2 is 1.78 bits per heavy atom. The van der Waals surface area contributed by atoms with Crippen LogP contribution < -0.4 is 9.80 Å². The molecule has 7 heteroatoms. The second-order valence-corrected chi connectivity index (χ2v) is 7.74. The second kappa shape index (κ2) is 6.48. The maximum absolute atomic E-state index is 4.65. The van der Waals surface area contributed by atoms with Gasteiger partial charge in [-0.1, -0.05) is 0 Å². The molecule has 0 unspecified atom stereocenters. The highest BCUT2D eigenvalue weighted by atomic mass is 15.4. The summed E-state index contributed by atoms with van der Waals surface area (Å²) in [6, 6.07) is 7.45. The molecule has 2 aliphatic rings. The van der Waals surface area contributed by atoms with Crippen molar-refractivity contribution in [2.75, 3.05) is 22.9 Å². The fourth-order valence-corrected chi connectivity index (χ4v) is 4.25. The van der Waals surface area contributed by atoms with E-state index >= 15 is 0 Å². The molecule has 0 atom stereocenters. The number of hydrogen-bond donors (Lipinski definition) is 0. The van der Waals surface area contributed by atoms with Gasteiger partial charge in [0.15, 0.2) is 5.65 Å². The van der Waals surface area contributed by atoms with E-state index in [1.165, 1.54) is 12.8 Å². The Labute approximate surface area is 159 Å². The molecule has 3 aromatic rings. The van der Waals surface area contributed by atoms with Crippen molar-refractivity contribution in [3.05, 3.63) is 42.1 Å². The first-order valence-corrected chi connectivity index (χ1v) is 9.82. The maximum atomic E-state index is 4.65. The Hall–Kier alpha value is -2.70. The Balaban J connectivity index is 1.37. The van der Waals surface area contributed by atoms with Crippen molar-refractivity contribution in [3.63, 3.8) is 0 Å². The average molecular weight is 363 g/mol. The smallest absolute Gasteiger partial charge is 0.157 e. The number of aromatic nitrogens is 5. The molecule has 2 fully saturated rings. The molecular weight excluding hydrogens is 338 g/mol. The highest BCUT2D eigenvalue weighted by Gasteiger charge is 2.36. The third-order valence-corrected chi connectivity index (χ3v) is 5.61. The normalized spacial score (nSPS) is 18.2. The number of aryl methyl sites for hydroxylation is 2. The maximum Gasteiger partial charge on any atom is 0.157 e. The summed E-state index contributed by atoms with van der Waals surface area (Å²) >= 11 is 0. The quantitative estimate of drug-likeness (QED) is 0.710. The van der Waals surface area contributed by atoms with E-state index in [2.05, 4.69) is 42.8 Å². The van der Waals surface area contributed by atoms with E-state index in [-0.39, 0.29) is 0 Å². The summed E-state index contributed by atoms with van der Waals surface area (Å²) in [7, 11) is 0. The lowest BCUT2D eigenvalue weighted by atomic mass is 10.0. The zero-order chi connectivity index (χ0) is 18.4. The topological polar surface area (TPSA) is 62.5 Å². The second-order valence-electron chi connectivity index (χ2n) is 7.74. The summed E-state index contributed by atoms with van der Waals surface area (Å²) in [4.78, 5) is 18.2. The molecule has 0 aromatic carbocycles. The molecule has 1 saturated carbocycles. The summed E-state index contributed by atoms with van der Waals surface area (Å²) in [6.45, 7) is 6.13. The summed E-state index contributed by atoms with van der Waals surface area (Å²) in [5.41, 5.74) is 2.98. The van der Waals surface area contributed by atoms with Crippen LogP contribution in [0.3, 0.4) is 0 Å². The van der Waals surface area contributed by atoms with Crippen LogP contribution in [0.1, 0.15) is 37.1 Å². The number of nitrogens with zero attached hydrogens (tertiary/aromatic N) is 7. The molecule has 140 valence electrons. The van der Waals surface area contributed by atoms with Gasteiger partial charge >= 0.3 is 0 Å². The van der Waals surface area contributed by atoms with Crippen molar-refractivity contribution >= 4 is 17.3 Å². The Kier molecular flexibility index (Phi) is 3.95. The van der Waals surface area contributed by atoms with Crippen LogP contribution in [0.15, 0.2) is 30.7 Å². The Morgan fingerprint density at radius 1 is 1.00 bits per heavy atom. The van der Waals surface area contributed by atoms with Crippen LogP contribution in [0.25, 0.3) is 5.65 Å². The first-order valence-electron chi connectivity index (χ1n) is 9.82. The molecule has 7 nitrogen and oxygen atoms in total. The van der Waals surface area contributed by atoms with E-state index in [1.807, 2.05) is 29.8 Å². The highest BCUT2D eigenvalue weighted by molar-refractivity contribution is 5.52. The summed E-state index contributed by atoms with van der Waals surface area (Å²) in [5.74, 6) is 2.24. The van der Waals surface area contributed by atoms with Crippen LogP contribution in [0.5, 0.6) is 0 Å². The van der Waals surface area contributed by atoms with Crippen molar-refractivity contribution in [2.24, 2.45) is 0 Å². The zero-order valence-corrected chi connectivity index (χ0v) is 15.9. The van der Waals surface area contributed by atoms with Crippen LogP contribution >= 0.6 is 0 Å². The standard InChI is InChI=1S/C20H25N7/c1-14-12-20(27-19(23-14)11-15(2)24-27)25-9-6-17(7-10-25)26(16-3-4-16)18-5-8-21-13-22-18/h5,8,11-13,16-17H,3-4,6-7,9-10H2,1-2H3. The van der Waals surface area contributed by atoms with E-state index in [0.717, 1.165) is 54.6 Å². The van der Waals surface area contributed by atoms with Crippen LogP contribution in [-0.2, 0) is 0 Å². The summed E-state index contributed by atoms with van der Waals surface area (Å²) in [6.07, 6.45) is 8.33. The molecule has 0 radical (unpaired) electrons. The minimum absolute atomic E-state index is 0.543. The molecular formula is C20H25N7. The van der Waals surface area contributed by atoms with Crippen LogP contribution in [0.2, 0.25) is 0 Å². The minimum atomic E-state index is 0.543. The molecule has 0 amide bonds. The summed E-state index contributed by atoms with van der Waals surface area (Å²) < 4.78 is 1.99. The molecule has 1 saturated heterocycles. The molecule has 5 rings (SSSR count). The first kappa shape index (κ1) is 16.5. The average Bonchev–Trinajstić information content (AvgIpc) is 3.43. The lowest BCUT2D eigenvalue weighted by Gasteiger charge is -2.40. The SMILES string of the molecule is Cc1cc(N2CCC(N(c3ccncn3)C3CC3)CC2)n2nc(C)cc2n1. The Bertz CT molecular complexity index is 940. The van der Waals surface area contributed by atoms with Crippen molar-refractivity contribution in [1.29, 1.82) is 0 Å². The summed E-state index contributed by atoms with van der Waals surface area (Å²) in [5, 5.41) is 4.65. The predicted molar refractivity (Wildman–Crippen MR) is 105 cm³/mol. The van der Waals surface area contributed by atoms with Gasteiger partial charge in [0.1, 0.15) is 18.0 Å². The van der Waals surface area contributed by atoms with Gasteiger partial charge < -0.3 is 9.80 Å². The fourth-order valence-electron chi connectivity index (χ4n) is 4.25. The molecule has 27 heavy (non-hydrogen) atoms. The van der Waals surface area contributed by atoms with Gasteiger partial charge in [0.2, 0.25) is 0 Å². The van der Waals surface area contributed by atoms with Crippen molar-refractivity contribution in [1.82, 2.24) is 24.6 Å². The number of anilines is 2. The molecule has 0 spiro atoms. The van der Waals surface area contributed by atoms with Crippen LogP contribution in [-0.4, -0.2) is 49.7 Å². The lowest BCUT2D eigenvalue weighted by molar-refractivity contribution is 0.455. The Morgan fingerprint density at radius 3 is 2.48 bits per heavy atom.